The molecule has 2 heterocycles. The summed E-state index contributed by atoms with van der Waals surface area (Å²) < 4.78 is 41.4. The van der Waals surface area contributed by atoms with E-state index in [-0.39, 0.29) is 27.1 Å². The van der Waals surface area contributed by atoms with E-state index < -0.39 is 17.2 Å². The van der Waals surface area contributed by atoms with E-state index in [0.717, 1.165) is 6.07 Å². The van der Waals surface area contributed by atoms with Gasteiger partial charge in [-0.3, -0.25) is 14.5 Å². The summed E-state index contributed by atoms with van der Waals surface area (Å²) in [5, 5.41) is 6.66. The van der Waals surface area contributed by atoms with Crippen molar-refractivity contribution in [2.45, 2.75) is 6.18 Å². The Labute approximate surface area is 155 Å². The Morgan fingerprint density at radius 3 is 2.48 bits per heavy atom. The van der Waals surface area contributed by atoms with Crippen molar-refractivity contribution in [2.24, 2.45) is 0 Å². The normalized spacial score (nSPS) is 11.8. The third kappa shape index (κ3) is 2.85. The fraction of sp³-hybridized carbons (Fsp3) is 0.0556. The molecule has 9 heteroatoms. The van der Waals surface area contributed by atoms with Gasteiger partial charge in [0.2, 0.25) is 0 Å². The zero-order valence-corrected chi connectivity index (χ0v) is 14.4. The molecule has 2 aromatic heterocycles. The summed E-state index contributed by atoms with van der Waals surface area (Å²) in [7, 11) is 0. The predicted octanol–water partition coefficient (Wildman–Crippen LogP) is 4.46. The molecule has 136 valence electrons. The number of nitrogens with one attached hydrogen (secondary N) is 2. The second kappa shape index (κ2) is 6.20. The maximum atomic E-state index is 13.2. The van der Waals surface area contributed by atoms with Gasteiger partial charge in [-0.15, -0.1) is 0 Å². The van der Waals surface area contributed by atoms with Crippen molar-refractivity contribution >= 4 is 23.1 Å². The van der Waals surface area contributed by atoms with E-state index in [4.69, 9.17) is 12.2 Å². The lowest BCUT2D eigenvalue weighted by Gasteiger charge is -2.11. The smallest absolute Gasteiger partial charge is 0.360 e. The van der Waals surface area contributed by atoms with Crippen molar-refractivity contribution in [3.05, 3.63) is 75.3 Å². The number of aromatic amines is 2. The van der Waals surface area contributed by atoms with Crippen LogP contribution >= 0.6 is 12.2 Å². The first-order chi connectivity index (χ1) is 12.9. The fourth-order valence-corrected chi connectivity index (χ4v) is 3.19. The van der Waals surface area contributed by atoms with Crippen molar-refractivity contribution in [2.75, 3.05) is 0 Å². The van der Waals surface area contributed by atoms with E-state index in [1.807, 2.05) is 6.07 Å². The van der Waals surface area contributed by atoms with Crippen molar-refractivity contribution < 1.29 is 13.2 Å². The molecule has 27 heavy (non-hydrogen) atoms. The Hall–Kier alpha value is -3.20. The number of benzene rings is 2. The van der Waals surface area contributed by atoms with Gasteiger partial charge in [-0.25, -0.2) is 0 Å². The third-order valence-electron chi connectivity index (χ3n) is 4.15. The van der Waals surface area contributed by atoms with Crippen molar-refractivity contribution in [1.29, 1.82) is 0 Å². The third-order valence-corrected chi connectivity index (χ3v) is 4.42. The van der Waals surface area contributed by atoms with Gasteiger partial charge in [-0.2, -0.15) is 18.3 Å². The second-order valence-electron chi connectivity index (χ2n) is 5.78. The molecule has 0 radical (unpaired) electrons. The minimum absolute atomic E-state index is 0.0733. The minimum atomic E-state index is -4.58. The zero-order valence-electron chi connectivity index (χ0n) is 13.5. The standard InChI is InChI=1S/C18H11F3N4OS/c19-18(20,21)13-8-4-7-11-14(13)22-9-12(15(11)26)16-23-24-17(27)25(16)10-5-2-1-3-6-10/h1-9H,(H,22,26)(H,24,27). The van der Waals surface area contributed by atoms with Crippen LogP contribution in [0, 0.1) is 4.77 Å². The van der Waals surface area contributed by atoms with Crippen LogP contribution in [-0.4, -0.2) is 19.7 Å². The number of pyridine rings is 1. The number of aromatic nitrogens is 4. The quantitative estimate of drug-likeness (QED) is 0.499. The zero-order chi connectivity index (χ0) is 19.2. The minimum Gasteiger partial charge on any atom is -0.360 e. The molecule has 5 nitrogen and oxygen atoms in total. The number of H-pyrrole nitrogens is 2. The Kier molecular flexibility index (Phi) is 3.96. The summed E-state index contributed by atoms with van der Waals surface area (Å²) in [4.78, 5) is 15.5. The molecule has 0 spiro atoms. The average Bonchev–Trinajstić information content (AvgIpc) is 3.03. The molecule has 2 N–H and O–H groups in total. The van der Waals surface area contributed by atoms with Gasteiger partial charge < -0.3 is 4.98 Å². The van der Waals surface area contributed by atoms with E-state index in [2.05, 4.69) is 15.2 Å². The summed E-state index contributed by atoms with van der Waals surface area (Å²) in [6.45, 7) is 0. The van der Waals surface area contributed by atoms with Gasteiger partial charge in [0.25, 0.3) is 0 Å². The number of nitrogens with zero attached hydrogens (tertiary/aromatic N) is 2. The van der Waals surface area contributed by atoms with E-state index in [9.17, 15) is 18.0 Å². The van der Waals surface area contributed by atoms with Crippen LogP contribution in [0.3, 0.4) is 0 Å². The van der Waals surface area contributed by atoms with Crippen LogP contribution in [0.25, 0.3) is 28.0 Å². The SMILES string of the molecule is O=c1c(-c2n[nH]c(=S)n2-c2ccccc2)c[nH]c2c(C(F)(F)F)cccc12. The van der Waals surface area contributed by atoms with Crippen molar-refractivity contribution in [3.63, 3.8) is 0 Å². The molecule has 0 aliphatic heterocycles. The summed E-state index contributed by atoms with van der Waals surface area (Å²) in [6, 6.07) is 12.5. The highest BCUT2D eigenvalue weighted by Gasteiger charge is 2.33. The molecule has 2 aromatic carbocycles. The molecule has 4 rings (SSSR count). The maximum absolute atomic E-state index is 13.2. The molecule has 4 aromatic rings. The largest absolute Gasteiger partial charge is 0.418 e. The number of rotatable bonds is 2. The van der Waals surface area contributed by atoms with Crippen LogP contribution in [0.15, 0.2) is 59.5 Å². The van der Waals surface area contributed by atoms with Crippen LogP contribution in [0.2, 0.25) is 0 Å². The number of hydrogen-bond donors (Lipinski definition) is 2. The first kappa shape index (κ1) is 17.2. The van der Waals surface area contributed by atoms with E-state index in [0.29, 0.717) is 5.69 Å². The number of para-hydroxylation sites is 2. The summed E-state index contributed by atoms with van der Waals surface area (Å²) in [5.74, 6) is 0.215. The Morgan fingerprint density at radius 2 is 1.78 bits per heavy atom. The molecule has 0 amide bonds. The molecule has 0 atom stereocenters. The summed E-state index contributed by atoms with van der Waals surface area (Å²) >= 11 is 5.25. The Bertz CT molecular complexity index is 1260. The van der Waals surface area contributed by atoms with E-state index >= 15 is 0 Å². The number of alkyl halides is 3. The molecular weight excluding hydrogens is 377 g/mol. The molecule has 0 aliphatic carbocycles. The summed E-state index contributed by atoms with van der Waals surface area (Å²) in [5.41, 5.74) is -0.946. The second-order valence-corrected chi connectivity index (χ2v) is 6.17. The number of halogens is 3. The van der Waals surface area contributed by atoms with Crippen LogP contribution < -0.4 is 5.43 Å². The first-order valence-corrected chi connectivity index (χ1v) is 8.23. The predicted molar refractivity (Wildman–Crippen MR) is 97.3 cm³/mol. The molecular formula is C18H11F3N4OS. The van der Waals surface area contributed by atoms with Gasteiger partial charge in [0.15, 0.2) is 16.0 Å². The highest BCUT2D eigenvalue weighted by atomic mass is 32.1. The lowest BCUT2D eigenvalue weighted by Crippen LogP contribution is -2.13. The topological polar surface area (TPSA) is 66.5 Å². The molecule has 0 saturated heterocycles. The molecule has 0 bridgehead atoms. The Morgan fingerprint density at radius 1 is 1.04 bits per heavy atom. The van der Waals surface area contributed by atoms with Gasteiger partial charge in [0.1, 0.15) is 0 Å². The van der Waals surface area contributed by atoms with Crippen LogP contribution in [0.1, 0.15) is 5.56 Å². The average molecular weight is 388 g/mol. The molecule has 0 aliphatic rings. The first-order valence-electron chi connectivity index (χ1n) is 7.83. The van der Waals surface area contributed by atoms with Gasteiger partial charge in [0, 0.05) is 17.3 Å². The Balaban J connectivity index is 2.00. The van der Waals surface area contributed by atoms with Crippen LogP contribution in [0.4, 0.5) is 13.2 Å². The van der Waals surface area contributed by atoms with Gasteiger partial charge in [-0.1, -0.05) is 24.3 Å². The molecule has 0 unspecified atom stereocenters. The van der Waals surface area contributed by atoms with Gasteiger partial charge >= 0.3 is 6.18 Å². The lowest BCUT2D eigenvalue weighted by molar-refractivity contribution is -0.136. The highest BCUT2D eigenvalue weighted by molar-refractivity contribution is 7.71. The van der Waals surface area contributed by atoms with E-state index in [1.54, 1.807) is 28.8 Å². The van der Waals surface area contributed by atoms with E-state index in [1.165, 1.54) is 18.3 Å². The highest BCUT2D eigenvalue weighted by Crippen LogP contribution is 2.33. The molecule has 0 fully saturated rings. The maximum Gasteiger partial charge on any atom is 0.418 e. The number of hydrogen-bond acceptors (Lipinski definition) is 3. The van der Waals surface area contributed by atoms with Gasteiger partial charge in [0.05, 0.1) is 16.6 Å². The van der Waals surface area contributed by atoms with Crippen LogP contribution in [-0.2, 0) is 6.18 Å². The number of fused-ring (bicyclic) bond motifs is 1. The van der Waals surface area contributed by atoms with Crippen LogP contribution in [0.5, 0.6) is 0 Å². The fourth-order valence-electron chi connectivity index (χ4n) is 2.95. The van der Waals surface area contributed by atoms with Crippen molar-refractivity contribution in [1.82, 2.24) is 19.7 Å². The molecule has 0 saturated carbocycles. The van der Waals surface area contributed by atoms with Crippen molar-refractivity contribution in [3.8, 4) is 17.1 Å². The lowest BCUT2D eigenvalue weighted by atomic mass is 10.1. The monoisotopic (exact) mass is 388 g/mol. The summed E-state index contributed by atoms with van der Waals surface area (Å²) in [6.07, 6.45) is -3.35. The van der Waals surface area contributed by atoms with Gasteiger partial charge in [-0.05, 0) is 36.5 Å².